The summed E-state index contributed by atoms with van der Waals surface area (Å²) in [5.41, 5.74) is 7.35. The molecule has 6 rings (SSSR count). The number of nitrogens with zero attached hydrogens (tertiary/aromatic N) is 1. The van der Waals surface area contributed by atoms with E-state index in [0.29, 0.717) is 6.42 Å². The molecule has 2 nitrogen and oxygen atoms in total. The van der Waals surface area contributed by atoms with E-state index in [2.05, 4.69) is 62.0 Å². The highest BCUT2D eigenvalue weighted by Gasteiger charge is 2.40. The summed E-state index contributed by atoms with van der Waals surface area (Å²) < 4.78 is 36.2. The molecule has 166 valence electrons. The summed E-state index contributed by atoms with van der Waals surface area (Å²) in [4.78, 5) is 0. The van der Waals surface area contributed by atoms with E-state index in [9.17, 15) is 8.78 Å². The molecule has 1 aliphatic rings. The molecule has 1 aliphatic carbocycles. The molecule has 0 bridgehead atoms. The number of fused-ring (bicyclic) bond motifs is 4. The van der Waals surface area contributed by atoms with Crippen molar-refractivity contribution in [1.29, 1.82) is 0 Å². The maximum Gasteiger partial charge on any atom is 0.248 e. The topological polar surface area (TPSA) is 17.0 Å². The molecule has 3 aromatic carbocycles. The fourth-order valence-corrected chi connectivity index (χ4v) is 5.56. The third-order valence-corrected chi connectivity index (χ3v) is 7.46. The van der Waals surface area contributed by atoms with Gasteiger partial charge in [-0.05, 0) is 66.5 Å². The molecule has 33 heavy (non-hydrogen) atoms. The molecule has 5 aromatic rings. The number of benzene rings is 3. The minimum Gasteiger partial charge on any atom is -0.455 e. The molecule has 0 saturated heterocycles. The minimum absolute atomic E-state index is 0.0166. The summed E-state index contributed by atoms with van der Waals surface area (Å²) >= 11 is 0. The van der Waals surface area contributed by atoms with Gasteiger partial charge in [0.05, 0.1) is 10.9 Å². The number of pyridine rings is 1. The zero-order chi connectivity index (χ0) is 22.9. The van der Waals surface area contributed by atoms with Gasteiger partial charge in [0.1, 0.15) is 18.2 Å². The highest BCUT2D eigenvalue weighted by Crippen LogP contribution is 2.45. The Labute approximate surface area is 191 Å². The van der Waals surface area contributed by atoms with Gasteiger partial charge in [-0.25, -0.2) is 13.3 Å². The Hall–Kier alpha value is -3.27. The van der Waals surface area contributed by atoms with Crippen molar-refractivity contribution in [2.45, 2.75) is 45.0 Å². The number of furan rings is 1. The monoisotopic (exact) mass is 442 g/mol. The van der Waals surface area contributed by atoms with Crippen LogP contribution in [0.1, 0.15) is 41.9 Å². The number of halogens is 2. The molecule has 0 aliphatic heterocycles. The zero-order valence-corrected chi connectivity index (χ0v) is 19.1. The van der Waals surface area contributed by atoms with Gasteiger partial charge in [-0.2, -0.15) is 0 Å². The summed E-state index contributed by atoms with van der Waals surface area (Å²) in [5, 5.41) is 4.40. The standard InChI is InChI=1S/C29H26F2NO/c1-17-14-24-23-6-4-5-7-25(23)33-28(24)26(18(17)2)27-22-9-8-19(15-20(22)11-13-32(27)3)21-10-12-29(30,31)16-21/h4-9,11,13-15,21H,10,12,16H2,1-3H3/q+1. The van der Waals surface area contributed by atoms with Crippen LogP contribution in [-0.2, 0) is 7.05 Å². The van der Waals surface area contributed by atoms with Crippen LogP contribution in [0.15, 0.2) is 65.2 Å². The second-order valence-electron chi connectivity index (χ2n) is 9.59. The number of hydrogen-bond acceptors (Lipinski definition) is 1. The van der Waals surface area contributed by atoms with Crippen LogP contribution >= 0.6 is 0 Å². The van der Waals surface area contributed by atoms with E-state index in [4.69, 9.17) is 4.42 Å². The van der Waals surface area contributed by atoms with Crippen LogP contribution in [0.25, 0.3) is 44.0 Å². The van der Waals surface area contributed by atoms with Crippen molar-refractivity contribution in [1.82, 2.24) is 0 Å². The largest absolute Gasteiger partial charge is 0.455 e. The molecule has 1 fully saturated rings. The SMILES string of the molecule is Cc1cc2c(oc3ccccc32)c(-c2c3ccc(C4CCC(F)(F)C4)cc3cc[n+]2C)c1C. The van der Waals surface area contributed by atoms with Gasteiger partial charge in [0.2, 0.25) is 11.6 Å². The zero-order valence-electron chi connectivity index (χ0n) is 19.1. The Morgan fingerprint density at radius 3 is 2.58 bits per heavy atom. The first-order chi connectivity index (χ1) is 15.8. The van der Waals surface area contributed by atoms with E-state index < -0.39 is 5.92 Å². The first-order valence-electron chi connectivity index (χ1n) is 11.5. The van der Waals surface area contributed by atoms with E-state index in [1.165, 1.54) is 11.1 Å². The van der Waals surface area contributed by atoms with E-state index >= 15 is 0 Å². The van der Waals surface area contributed by atoms with Crippen molar-refractivity contribution in [3.63, 3.8) is 0 Å². The first kappa shape index (κ1) is 20.3. The lowest BCUT2D eigenvalue weighted by atomic mass is 9.91. The van der Waals surface area contributed by atoms with E-state index in [-0.39, 0.29) is 18.8 Å². The predicted molar refractivity (Wildman–Crippen MR) is 129 cm³/mol. The number of para-hydroxylation sites is 1. The maximum absolute atomic E-state index is 13.8. The number of alkyl halides is 2. The van der Waals surface area contributed by atoms with Crippen molar-refractivity contribution >= 4 is 32.7 Å². The second-order valence-corrected chi connectivity index (χ2v) is 9.59. The number of aryl methyl sites for hydroxylation is 2. The van der Waals surface area contributed by atoms with Crippen molar-refractivity contribution in [3.8, 4) is 11.3 Å². The summed E-state index contributed by atoms with van der Waals surface area (Å²) in [7, 11) is 2.05. The van der Waals surface area contributed by atoms with Gasteiger partial charge < -0.3 is 4.42 Å². The Morgan fingerprint density at radius 2 is 1.79 bits per heavy atom. The van der Waals surface area contributed by atoms with Crippen LogP contribution in [-0.4, -0.2) is 5.92 Å². The molecule has 4 heteroatoms. The first-order valence-corrected chi connectivity index (χ1v) is 11.5. The van der Waals surface area contributed by atoms with E-state index in [1.807, 2.05) is 24.3 Å². The third-order valence-electron chi connectivity index (χ3n) is 7.46. The molecule has 1 atom stereocenters. The number of aromatic nitrogens is 1. The van der Waals surface area contributed by atoms with Gasteiger partial charge in [0, 0.05) is 29.7 Å². The van der Waals surface area contributed by atoms with Crippen molar-refractivity contribution in [2.75, 3.05) is 0 Å². The summed E-state index contributed by atoms with van der Waals surface area (Å²) in [5.74, 6) is -2.62. The lowest BCUT2D eigenvalue weighted by molar-refractivity contribution is -0.659. The molecular formula is C29H26F2NO+. The lowest BCUT2D eigenvalue weighted by Gasteiger charge is -2.14. The van der Waals surface area contributed by atoms with Crippen LogP contribution in [0, 0.1) is 13.8 Å². The fourth-order valence-electron chi connectivity index (χ4n) is 5.56. The summed E-state index contributed by atoms with van der Waals surface area (Å²) in [6.07, 6.45) is 2.53. The molecule has 0 N–H and O–H groups in total. The normalized spacial score (nSPS) is 18.0. The lowest BCUT2D eigenvalue weighted by Crippen LogP contribution is -2.31. The van der Waals surface area contributed by atoms with Gasteiger partial charge in [-0.15, -0.1) is 0 Å². The van der Waals surface area contributed by atoms with E-state index in [0.717, 1.165) is 49.5 Å². The van der Waals surface area contributed by atoms with Gasteiger partial charge >= 0.3 is 0 Å². The summed E-state index contributed by atoms with van der Waals surface area (Å²) in [6.45, 7) is 4.29. The summed E-state index contributed by atoms with van der Waals surface area (Å²) in [6, 6.07) is 18.7. The smallest absolute Gasteiger partial charge is 0.248 e. The van der Waals surface area contributed by atoms with Crippen molar-refractivity contribution in [3.05, 3.63) is 77.5 Å². The number of rotatable bonds is 2. The third kappa shape index (κ3) is 3.15. The maximum atomic E-state index is 13.8. The van der Waals surface area contributed by atoms with Crippen LogP contribution in [0.4, 0.5) is 8.78 Å². The molecule has 1 saturated carbocycles. The Bertz CT molecular complexity index is 1560. The average Bonchev–Trinajstić information content (AvgIpc) is 3.35. The Balaban J connectivity index is 1.61. The van der Waals surface area contributed by atoms with Crippen LogP contribution in [0.3, 0.4) is 0 Å². The molecule has 2 heterocycles. The average molecular weight is 443 g/mol. The molecule has 0 amide bonds. The number of hydrogen-bond donors (Lipinski definition) is 0. The Morgan fingerprint density at radius 1 is 0.970 bits per heavy atom. The second kappa shape index (κ2) is 7.11. The van der Waals surface area contributed by atoms with Gasteiger partial charge in [0.15, 0.2) is 6.20 Å². The van der Waals surface area contributed by atoms with Crippen LogP contribution < -0.4 is 4.57 Å². The van der Waals surface area contributed by atoms with Gasteiger partial charge in [-0.3, -0.25) is 0 Å². The quantitative estimate of drug-likeness (QED) is 0.255. The van der Waals surface area contributed by atoms with Crippen LogP contribution in [0.5, 0.6) is 0 Å². The minimum atomic E-state index is -2.54. The molecule has 1 unspecified atom stereocenters. The molecular weight excluding hydrogens is 416 g/mol. The van der Waals surface area contributed by atoms with Gasteiger partial charge in [-0.1, -0.05) is 30.3 Å². The van der Waals surface area contributed by atoms with Crippen molar-refractivity contribution in [2.24, 2.45) is 7.05 Å². The van der Waals surface area contributed by atoms with E-state index in [1.54, 1.807) is 0 Å². The molecule has 0 spiro atoms. The van der Waals surface area contributed by atoms with Gasteiger partial charge in [0.25, 0.3) is 0 Å². The highest BCUT2D eigenvalue weighted by molar-refractivity contribution is 6.12. The predicted octanol–water partition coefficient (Wildman–Crippen LogP) is 7.75. The fraction of sp³-hybridized carbons (Fsp3) is 0.276. The molecule has 0 radical (unpaired) electrons. The molecule has 2 aromatic heterocycles. The Kier molecular flexibility index (Phi) is 4.39. The highest BCUT2D eigenvalue weighted by atomic mass is 19.3. The van der Waals surface area contributed by atoms with Crippen LogP contribution in [0.2, 0.25) is 0 Å². The van der Waals surface area contributed by atoms with Crippen molar-refractivity contribution < 1.29 is 17.8 Å².